The van der Waals surface area contributed by atoms with Crippen molar-refractivity contribution in [1.29, 1.82) is 0 Å². The van der Waals surface area contributed by atoms with Crippen LogP contribution in [0.15, 0.2) is 53.3 Å². The lowest BCUT2D eigenvalue weighted by Crippen LogP contribution is -2.43. The molecule has 0 bridgehead atoms. The van der Waals surface area contributed by atoms with Crippen molar-refractivity contribution in [3.63, 3.8) is 0 Å². The van der Waals surface area contributed by atoms with E-state index in [1.165, 1.54) is 6.07 Å². The molecule has 5 N–H and O–H groups in total. The summed E-state index contributed by atoms with van der Waals surface area (Å²) in [5.74, 6) is -6.91. The first kappa shape index (κ1) is 26.7. The van der Waals surface area contributed by atoms with Crippen LogP contribution in [0.25, 0.3) is 5.76 Å². The molecule has 2 aliphatic rings. The predicted octanol–water partition coefficient (Wildman–Crippen LogP) is 3.38. The Morgan fingerprint density at radius 2 is 1.71 bits per heavy atom. The van der Waals surface area contributed by atoms with E-state index in [9.17, 15) is 34.5 Å². The summed E-state index contributed by atoms with van der Waals surface area (Å²) < 4.78 is 0. The van der Waals surface area contributed by atoms with E-state index in [1.807, 2.05) is 0 Å². The van der Waals surface area contributed by atoms with Crippen LogP contribution < -0.4 is 10.6 Å². The van der Waals surface area contributed by atoms with Gasteiger partial charge >= 0.3 is 0 Å². The molecule has 9 heteroatoms. The number of hydrogen-bond acceptors (Lipinski definition) is 8. The van der Waals surface area contributed by atoms with Crippen LogP contribution in [0.1, 0.15) is 46.8 Å². The zero-order chi connectivity index (χ0) is 28.0. The van der Waals surface area contributed by atoms with Gasteiger partial charge in [0.15, 0.2) is 17.3 Å². The van der Waals surface area contributed by atoms with Crippen molar-refractivity contribution < 1.29 is 34.5 Å². The van der Waals surface area contributed by atoms with Crippen molar-refractivity contribution in [3.8, 4) is 5.75 Å². The Morgan fingerprint density at radius 3 is 2.29 bits per heavy atom. The maximum Gasteiger partial charge on any atom is 0.255 e. The fourth-order valence-corrected chi connectivity index (χ4v) is 5.69. The molecular weight excluding hydrogens is 488 g/mol. The zero-order valence-corrected chi connectivity index (χ0v) is 21.6. The number of nitrogens with zero attached hydrogens (tertiary/aromatic N) is 1. The summed E-state index contributed by atoms with van der Waals surface area (Å²) in [4.78, 5) is 53.0. The molecule has 2 aromatic rings. The number of carbonyl (C=O) groups excluding carboxylic acids is 4. The van der Waals surface area contributed by atoms with Crippen LogP contribution in [0, 0.1) is 24.7 Å². The van der Waals surface area contributed by atoms with Gasteiger partial charge < -0.3 is 26.0 Å². The number of benzene rings is 2. The monoisotopic (exact) mass is 518 g/mol. The number of hydrogen-bond donors (Lipinski definition) is 4. The Bertz CT molecular complexity index is 1440. The minimum Gasteiger partial charge on any atom is -0.511 e. The lowest BCUT2D eigenvalue weighted by molar-refractivity contribution is -0.127. The van der Waals surface area contributed by atoms with Crippen LogP contribution in [0.3, 0.4) is 0 Å². The number of rotatable bonds is 5. The van der Waals surface area contributed by atoms with Crippen LogP contribution in [0.5, 0.6) is 5.75 Å². The summed E-state index contributed by atoms with van der Waals surface area (Å²) in [7, 11) is 3.49. The van der Waals surface area contributed by atoms with Crippen molar-refractivity contribution >= 4 is 34.7 Å². The number of aliphatic hydroxyl groups excluding tert-OH is 2. The highest BCUT2D eigenvalue weighted by Gasteiger charge is 2.48. The topological polar surface area (TPSA) is 158 Å². The fraction of sp³-hybridized carbons (Fsp3) is 0.310. The van der Waals surface area contributed by atoms with Crippen molar-refractivity contribution in [2.45, 2.75) is 26.7 Å². The minimum atomic E-state index is -1.23. The molecule has 0 saturated heterocycles. The number of phenolic OH excluding ortho intramolecular Hbond substituents is 1. The van der Waals surface area contributed by atoms with Gasteiger partial charge in [-0.15, -0.1) is 0 Å². The highest BCUT2D eigenvalue weighted by molar-refractivity contribution is 6.21. The highest BCUT2D eigenvalue weighted by Crippen LogP contribution is 2.47. The van der Waals surface area contributed by atoms with Gasteiger partial charge in [0.25, 0.3) is 5.91 Å². The van der Waals surface area contributed by atoms with Crippen LogP contribution in [-0.4, -0.2) is 52.7 Å². The number of primary amides is 1. The van der Waals surface area contributed by atoms with E-state index >= 15 is 0 Å². The number of fused-ring (bicyclic) bond motifs is 1. The second-order valence-electron chi connectivity index (χ2n) is 10.1. The molecule has 1 fully saturated rings. The number of aromatic hydroxyl groups is 1. The second kappa shape index (κ2) is 9.81. The predicted molar refractivity (Wildman–Crippen MR) is 141 cm³/mol. The smallest absolute Gasteiger partial charge is 0.255 e. The number of Topliss-reactive ketones (excluding diaryl/α,β-unsaturated/α-hetero) is 2. The summed E-state index contributed by atoms with van der Waals surface area (Å²) in [5.41, 5.74) is 5.80. The number of allylic oxidation sites excluding steroid dienone is 2. The lowest BCUT2D eigenvalue weighted by Gasteiger charge is -2.38. The van der Waals surface area contributed by atoms with E-state index in [-0.39, 0.29) is 29.5 Å². The van der Waals surface area contributed by atoms with Crippen LogP contribution in [0.4, 0.5) is 5.69 Å². The maximum atomic E-state index is 13.7. The SMILES string of the molecule is Cc1c(N(C)C)cc(C(=O)c2ccccc2)c(O)c1C(O)=C1C(=O)C2C(O)=C(C(N)=O)C(=O)CC2CC1C. The van der Waals surface area contributed by atoms with Crippen LogP contribution in [-0.2, 0) is 14.4 Å². The molecule has 0 aliphatic heterocycles. The third-order valence-corrected chi connectivity index (χ3v) is 7.48. The molecule has 4 rings (SSSR count). The van der Waals surface area contributed by atoms with Gasteiger partial charge in [0.2, 0.25) is 0 Å². The summed E-state index contributed by atoms with van der Waals surface area (Å²) in [6.07, 6.45) is 0.133. The van der Waals surface area contributed by atoms with Gasteiger partial charge in [-0.05, 0) is 36.8 Å². The summed E-state index contributed by atoms with van der Waals surface area (Å²) in [6, 6.07) is 9.90. The minimum absolute atomic E-state index is 0.0524. The van der Waals surface area contributed by atoms with Gasteiger partial charge in [0.05, 0.1) is 17.0 Å². The first-order valence-electron chi connectivity index (χ1n) is 12.2. The molecule has 2 aliphatic carbocycles. The van der Waals surface area contributed by atoms with E-state index in [1.54, 1.807) is 63.2 Å². The first-order valence-corrected chi connectivity index (χ1v) is 12.2. The maximum absolute atomic E-state index is 13.7. The van der Waals surface area contributed by atoms with E-state index in [4.69, 9.17) is 5.73 Å². The van der Waals surface area contributed by atoms with Gasteiger partial charge in [-0.3, -0.25) is 19.2 Å². The lowest BCUT2D eigenvalue weighted by atomic mass is 9.64. The number of ketones is 3. The molecule has 1 saturated carbocycles. The number of amides is 1. The van der Waals surface area contributed by atoms with E-state index in [0.717, 1.165) is 0 Å². The Hall–Kier alpha value is -4.40. The summed E-state index contributed by atoms with van der Waals surface area (Å²) in [5, 5.41) is 33.6. The average molecular weight is 519 g/mol. The fourth-order valence-electron chi connectivity index (χ4n) is 5.69. The quantitative estimate of drug-likeness (QED) is 0.203. The molecule has 0 aromatic heterocycles. The average Bonchev–Trinajstić information content (AvgIpc) is 2.83. The third kappa shape index (κ3) is 4.23. The standard InChI is InChI=1S/C29H30N2O7/c1-13-10-16-11-19(32)23(29(30)38)28(37)22(16)27(36)20(13)26(35)21-14(2)18(31(3)4)12-17(25(21)34)24(33)15-8-6-5-7-9-15/h5-9,12-13,16,22,34-35,37H,10-11H2,1-4H3,(H2,30,38). The number of aliphatic hydroxyl groups is 2. The van der Waals surface area contributed by atoms with E-state index in [2.05, 4.69) is 0 Å². The van der Waals surface area contributed by atoms with Crippen LogP contribution >= 0.6 is 0 Å². The molecule has 0 spiro atoms. The molecular formula is C29H30N2O7. The van der Waals surface area contributed by atoms with Gasteiger partial charge in [0.1, 0.15) is 22.8 Å². The van der Waals surface area contributed by atoms with Crippen LogP contribution in [0.2, 0.25) is 0 Å². The Labute approximate surface area is 219 Å². The van der Waals surface area contributed by atoms with Gasteiger partial charge in [-0.2, -0.15) is 0 Å². The number of phenols is 1. The molecule has 3 atom stereocenters. The second-order valence-corrected chi connectivity index (χ2v) is 10.1. The molecule has 0 radical (unpaired) electrons. The number of nitrogens with two attached hydrogens (primary N) is 1. The number of anilines is 1. The highest BCUT2D eigenvalue weighted by atomic mass is 16.3. The molecule has 0 heterocycles. The van der Waals surface area contributed by atoms with Crippen molar-refractivity contribution in [1.82, 2.24) is 0 Å². The molecule has 198 valence electrons. The Kier molecular flexibility index (Phi) is 6.88. The first-order chi connectivity index (χ1) is 17.9. The Balaban J connectivity index is 1.94. The molecule has 3 unspecified atom stereocenters. The zero-order valence-electron chi connectivity index (χ0n) is 21.6. The van der Waals surface area contributed by atoms with Gasteiger partial charge in [-0.1, -0.05) is 37.3 Å². The molecule has 38 heavy (non-hydrogen) atoms. The van der Waals surface area contributed by atoms with Crippen molar-refractivity contribution in [2.75, 3.05) is 19.0 Å². The van der Waals surface area contributed by atoms with Gasteiger partial charge in [-0.25, -0.2) is 0 Å². The Morgan fingerprint density at radius 1 is 1.08 bits per heavy atom. The van der Waals surface area contributed by atoms with Crippen molar-refractivity contribution in [3.05, 3.63) is 75.6 Å². The summed E-state index contributed by atoms with van der Waals surface area (Å²) >= 11 is 0. The van der Waals surface area contributed by atoms with E-state index in [0.29, 0.717) is 16.8 Å². The molecule has 9 nitrogen and oxygen atoms in total. The van der Waals surface area contributed by atoms with Gasteiger partial charge in [0, 0.05) is 37.3 Å². The van der Waals surface area contributed by atoms with Crippen molar-refractivity contribution in [2.24, 2.45) is 23.5 Å². The third-order valence-electron chi connectivity index (χ3n) is 7.48. The largest absolute Gasteiger partial charge is 0.511 e. The summed E-state index contributed by atoms with van der Waals surface area (Å²) in [6.45, 7) is 3.35. The number of carbonyl (C=O) groups is 4. The molecule has 2 aromatic carbocycles. The normalized spacial score (nSPS) is 22.7. The molecule has 1 amide bonds. The van der Waals surface area contributed by atoms with E-state index < -0.39 is 63.9 Å².